The molecular weight excluding hydrogens is 314 g/mol. The molecule has 2 heterocycles. The fraction of sp³-hybridized carbons (Fsp3) is 0.412. The van der Waals surface area contributed by atoms with Crippen LogP contribution in [0.2, 0.25) is 0 Å². The highest BCUT2D eigenvalue weighted by Gasteiger charge is 2.33. The number of alkyl halides is 2. The normalized spacial score (nSPS) is 17.5. The number of aromatic amines is 1. The Morgan fingerprint density at radius 1 is 1.42 bits per heavy atom. The molecule has 0 bridgehead atoms. The second-order valence-electron chi connectivity index (χ2n) is 6.06. The summed E-state index contributed by atoms with van der Waals surface area (Å²) in [5.74, 6) is 0. The number of hydrogen-bond acceptors (Lipinski definition) is 2. The average molecular weight is 334 g/mol. The topological polar surface area (TPSA) is 61.0 Å². The summed E-state index contributed by atoms with van der Waals surface area (Å²) in [4.78, 5) is 14.4. The number of likely N-dealkylation sites (tertiary alicyclic amines) is 1. The minimum atomic E-state index is -2.56. The Hall–Kier alpha value is -2.44. The molecule has 5 nitrogen and oxygen atoms in total. The molecule has 1 saturated heterocycles. The van der Waals surface area contributed by atoms with Crippen molar-refractivity contribution in [1.29, 1.82) is 0 Å². The summed E-state index contributed by atoms with van der Waals surface area (Å²) in [5, 5.41) is 9.89. The molecule has 0 saturated carbocycles. The molecule has 1 aliphatic heterocycles. The fourth-order valence-corrected chi connectivity index (χ4v) is 3.31. The third-order valence-corrected chi connectivity index (χ3v) is 4.42. The van der Waals surface area contributed by atoms with Crippen LogP contribution in [-0.2, 0) is 0 Å². The molecule has 1 unspecified atom stereocenters. The Bertz CT molecular complexity index is 724. The predicted octanol–water partition coefficient (Wildman–Crippen LogP) is 4.33. The van der Waals surface area contributed by atoms with Crippen LogP contribution in [0.5, 0.6) is 0 Å². The van der Waals surface area contributed by atoms with Crippen molar-refractivity contribution >= 4 is 11.7 Å². The van der Waals surface area contributed by atoms with E-state index in [0.717, 1.165) is 29.8 Å². The molecule has 0 aliphatic carbocycles. The molecule has 2 aromatic rings. The largest absolute Gasteiger partial charge is 0.322 e. The molecule has 2 amide bonds. The highest BCUT2D eigenvalue weighted by atomic mass is 19.3. The van der Waals surface area contributed by atoms with Crippen LogP contribution in [-0.4, -0.2) is 27.7 Å². The first kappa shape index (κ1) is 16.4. The van der Waals surface area contributed by atoms with Gasteiger partial charge in [0.05, 0.1) is 11.7 Å². The number of amides is 2. The van der Waals surface area contributed by atoms with Gasteiger partial charge in [-0.15, -0.1) is 0 Å². The van der Waals surface area contributed by atoms with Gasteiger partial charge in [-0.1, -0.05) is 12.1 Å². The SMILES string of the molecule is Cc1n[nH]c(C)c1C1CCCN1C(=O)Nc1cccc(C(F)F)c1. The number of aromatic nitrogens is 2. The molecule has 128 valence electrons. The van der Waals surface area contributed by atoms with Gasteiger partial charge in [0.25, 0.3) is 6.43 Å². The van der Waals surface area contributed by atoms with E-state index < -0.39 is 6.43 Å². The van der Waals surface area contributed by atoms with Crippen molar-refractivity contribution in [2.75, 3.05) is 11.9 Å². The molecule has 1 aromatic carbocycles. The lowest BCUT2D eigenvalue weighted by Crippen LogP contribution is -2.34. The minimum absolute atomic E-state index is 0.0398. The van der Waals surface area contributed by atoms with Crippen LogP contribution >= 0.6 is 0 Å². The second kappa shape index (κ2) is 6.59. The van der Waals surface area contributed by atoms with Crippen molar-refractivity contribution in [2.24, 2.45) is 0 Å². The molecule has 7 heteroatoms. The average Bonchev–Trinajstić information content (AvgIpc) is 3.14. The molecular formula is C17H20F2N4O. The molecule has 1 aromatic heterocycles. The van der Waals surface area contributed by atoms with Crippen molar-refractivity contribution in [1.82, 2.24) is 15.1 Å². The summed E-state index contributed by atoms with van der Waals surface area (Å²) in [5.41, 5.74) is 3.16. The summed E-state index contributed by atoms with van der Waals surface area (Å²) in [6, 6.07) is 5.47. The highest BCUT2D eigenvalue weighted by molar-refractivity contribution is 5.90. The van der Waals surface area contributed by atoms with Gasteiger partial charge in [-0.3, -0.25) is 5.10 Å². The molecule has 24 heavy (non-hydrogen) atoms. The van der Waals surface area contributed by atoms with Gasteiger partial charge in [0.1, 0.15) is 0 Å². The van der Waals surface area contributed by atoms with E-state index in [1.807, 2.05) is 13.8 Å². The van der Waals surface area contributed by atoms with Crippen LogP contribution in [0.3, 0.4) is 0 Å². The Morgan fingerprint density at radius 2 is 2.21 bits per heavy atom. The van der Waals surface area contributed by atoms with E-state index in [2.05, 4.69) is 15.5 Å². The van der Waals surface area contributed by atoms with Gasteiger partial charge in [-0.2, -0.15) is 5.10 Å². The van der Waals surface area contributed by atoms with Gasteiger partial charge in [0, 0.05) is 29.1 Å². The van der Waals surface area contributed by atoms with E-state index in [0.29, 0.717) is 12.2 Å². The summed E-state index contributed by atoms with van der Waals surface area (Å²) in [6.07, 6.45) is -0.789. The monoisotopic (exact) mass is 334 g/mol. The van der Waals surface area contributed by atoms with Gasteiger partial charge in [-0.25, -0.2) is 13.6 Å². The zero-order valence-electron chi connectivity index (χ0n) is 13.6. The van der Waals surface area contributed by atoms with E-state index in [1.165, 1.54) is 18.2 Å². The molecule has 3 rings (SSSR count). The number of aryl methyl sites for hydroxylation is 2. The third kappa shape index (κ3) is 3.11. The van der Waals surface area contributed by atoms with Crippen LogP contribution < -0.4 is 5.32 Å². The lowest BCUT2D eigenvalue weighted by atomic mass is 10.0. The van der Waals surface area contributed by atoms with Crippen LogP contribution in [0, 0.1) is 13.8 Å². The molecule has 1 atom stereocenters. The van der Waals surface area contributed by atoms with E-state index in [4.69, 9.17) is 0 Å². The molecule has 2 N–H and O–H groups in total. The molecule has 1 fully saturated rings. The number of halogens is 2. The number of nitrogens with zero attached hydrogens (tertiary/aromatic N) is 2. The fourth-order valence-electron chi connectivity index (χ4n) is 3.31. The number of benzene rings is 1. The first-order valence-corrected chi connectivity index (χ1v) is 7.94. The zero-order valence-corrected chi connectivity index (χ0v) is 13.6. The maximum atomic E-state index is 12.8. The Labute approximate surface area is 139 Å². The molecule has 0 spiro atoms. The van der Waals surface area contributed by atoms with E-state index in [9.17, 15) is 13.6 Å². The first-order chi connectivity index (χ1) is 11.5. The maximum Gasteiger partial charge on any atom is 0.322 e. The standard InChI is InChI=1S/C17H20F2N4O/c1-10-15(11(2)22-21-10)14-7-4-8-23(14)17(24)20-13-6-3-5-12(9-13)16(18)19/h3,5-6,9,14,16H,4,7-8H2,1-2H3,(H,20,24)(H,21,22). The van der Waals surface area contributed by atoms with Crippen molar-refractivity contribution in [3.8, 4) is 0 Å². The van der Waals surface area contributed by atoms with Crippen LogP contribution in [0.25, 0.3) is 0 Å². The summed E-state index contributed by atoms with van der Waals surface area (Å²) in [7, 11) is 0. The van der Waals surface area contributed by atoms with Crippen molar-refractivity contribution < 1.29 is 13.6 Å². The number of carbonyl (C=O) groups is 1. The van der Waals surface area contributed by atoms with E-state index >= 15 is 0 Å². The maximum absolute atomic E-state index is 12.8. The van der Waals surface area contributed by atoms with Gasteiger partial charge >= 0.3 is 6.03 Å². The number of carbonyl (C=O) groups excluding carboxylic acids is 1. The van der Waals surface area contributed by atoms with Gasteiger partial charge in [-0.05, 0) is 38.8 Å². The van der Waals surface area contributed by atoms with Crippen molar-refractivity contribution in [3.05, 3.63) is 46.8 Å². The predicted molar refractivity (Wildman–Crippen MR) is 87.2 cm³/mol. The van der Waals surface area contributed by atoms with Gasteiger partial charge < -0.3 is 10.2 Å². The minimum Gasteiger partial charge on any atom is -0.317 e. The first-order valence-electron chi connectivity index (χ1n) is 7.94. The number of urea groups is 1. The Kier molecular flexibility index (Phi) is 4.51. The Balaban J connectivity index is 1.78. The third-order valence-electron chi connectivity index (χ3n) is 4.42. The van der Waals surface area contributed by atoms with Gasteiger partial charge in [0.15, 0.2) is 0 Å². The number of H-pyrrole nitrogens is 1. The second-order valence-corrected chi connectivity index (χ2v) is 6.06. The quantitative estimate of drug-likeness (QED) is 0.877. The smallest absolute Gasteiger partial charge is 0.317 e. The zero-order chi connectivity index (χ0) is 17.3. The highest BCUT2D eigenvalue weighted by Crippen LogP contribution is 2.35. The Morgan fingerprint density at radius 3 is 2.88 bits per heavy atom. The van der Waals surface area contributed by atoms with E-state index in [1.54, 1.807) is 11.0 Å². The number of hydrogen-bond donors (Lipinski definition) is 2. The number of nitrogens with one attached hydrogen (secondary N) is 2. The van der Waals surface area contributed by atoms with Crippen LogP contribution in [0.15, 0.2) is 24.3 Å². The lowest BCUT2D eigenvalue weighted by Gasteiger charge is -2.25. The molecule has 1 aliphatic rings. The van der Waals surface area contributed by atoms with Crippen LogP contribution in [0.4, 0.5) is 19.3 Å². The lowest BCUT2D eigenvalue weighted by molar-refractivity contribution is 0.151. The van der Waals surface area contributed by atoms with Crippen molar-refractivity contribution in [3.63, 3.8) is 0 Å². The van der Waals surface area contributed by atoms with Crippen LogP contribution in [0.1, 0.15) is 47.8 Å². The summed E-state index contributed by atoms with van der Waals surface area (Å²) in [6.45, 7) is 4.49. The molecule has 0 radical (unpaired) electrons. The number of rotatable bonds is 3. The summed E-state index contributed by atoms with van der Waals surface area (Å²) < 4.78 is 25.6. The van der Waals surface area contributed by atoms with Crippen molar-refractivity contribution in [2.45, 2.75) is 39.2 Å². The summed E-state index contributed by atoms with van der Waals surface area (Å²) >= 11 is 0. The number of anilines is 1. The van der Waals surface area contributed by atoms with Gasteiger partial charge in [0.2, 0.25) is 0 Å². The van der Waals surface area contributed by atoms with E-state index in [-0.39, 0.29) is 17.6 Å².